The molecule has 1 aliphatic carbocycles. The molecule has 1 fully saturated rings. The lowest BCUT2D eigenvalue weighted by Crippen LogP contribution is -2.42. The van der Waals surface area contributed by atoms with Crippen molar-refractivity contribution in [1.82, 2.24) is 5.32 Å². The van der Waals surface area contributed by atoms with Crippen LogP contribution in [0.1, 0.15) is 47.2 Å². The van der Waals surface area contributed by atoms with Crippen molar-refractivity contribution in [3.63, 3.8) is 0 Å². The summed E-state index contributed by atoms with van der Waals surface area (Å²) in [5, 5.41) is 12.0. The highest BCUT2D eigenvalue weighted by molar-refractivity contribution is 5.89. The predicted octanol–water partition coefficient (Wildman–Crippen LogP) is 3.51. The van der Waals surface area contributed by atoms with E-state index in [1.54, 1.807) is 24.3 Å². The van der Waals surface area contributed by atoms with Gasteiger partial charge in [-0.05, 0) is 36.1 Å². The Morgan fingerprint density at radius 2 is 1.58 bits per heavy atom. The third-order valence-electron chi connectivity index (χ3n) is 4.87. The summed E-state index contributed by atoms with van der Waals surface area (Å²) in [7, 11) is 0. The normalized spacial score (nSPS) is 15.8. The van der Waals surface area contributed by atoms with Gasteiger partial charge in [-0.15, -0.1) is 0 Å². The van der Waals surface area contributed by atoms with Gasteiger partial charge in [-0.3, -0.25) is 4.79 Å². The summed E-state index contributed by atoms with van der Waals surface area (Å²) in [6.45, 7) is 0.410. The molecule has 0 aromatic heterocycles. The highest BCUT2D eigenvalue weighted by atomic mass is 16.4. The first-order chi connectivity index (χ1) is 11.6. The van der Waals surface area contributed by atoms with Gasteiger partial charge in [-0.1, -0.05) is 55.3 Å². The summed E-state index contributed by atoms with van der Waals surface area (Å²) in [5.74, 6) is -0.881. The van der Waals surface area contributed by atoms with Crippen LogP contribution < -0.4 is 5.32 Å². The van der Waals surface area contributed by atoms with E-state index in [9.17, 15) is 9.59 Å². The first-order valence-corrected chi connectivity index (χ1v) is 8.28. The number of carboxylic acids is 1. The van der Waals surface area contributed by atoms with Gasteiger partial charge in [0.05, 0.1) is 11.0 Å². The summed E-state index contributed by atoms with van der Waals surface area (Å²) >= 11 is 0. The molecule has 4 nitrogen and oxygen atoms in total. The van der Waals surface area contributed by atoms with Crippen molar-refractivity contribution in [3.05, 3.63) is 71.3 Å². The summed E-state index contributed by atoms with van der Waals surface area (Å²) in [4.78, 5) is 23.8. The zero-order valence-electron chi connectivity index (χ0n) is 13.5. The number of hydrogen-bond donors (Lipinski definition) is 2. The molecule has 2 N–H and O–H groups in total. The highest BCUT2D eigenvalue weighted by Crippen LogP contribution is 2.41. The molecule has 0 atom stereocenters. The number of benzene rings is 2. The number of carbonyl (C=O) groups excluding carboxylic acids is 1. The maximum absolute atomic E-state index is 12.9. The van der Waals surface area contributed by atoms with E-state index in [1.165, 1.54) is 0 Å². The van der Waals surface area contributed by atoms with Gasteiger partial charge in [0.25, 0.3) is 0 Å². The van der Waals surface area contributed by atoms with Crippen LogP contribution in [0.5, 0.6) is 0 Å². The Hall–Kier alpha value is -2.62. The largest absolute Gasteiger partial charge is 0.478 e. The van der Waals surface area contributed by atoms with Gasteiger partial charge in [0.2, 0.25) is 5.91 Å². The SMILES string of the molecule is O=C(O)c1ccc(CNC(=O)C2(c3ccccc3)CCCC2)cc1. The smallest absolute Gasteiger partial charge is 0.335 e. The Balaban J connectivity index is 1.72. The second-order valence-electron chi connectivity index (χ2n) is 6.34. The second-order valence-corrected chi connectivity index (χ2v) is 6.34. The zero-order valence-corrected chi connectivity index (χ0v) is 13.5. The van der Waals surface area contributed by atoms with Gasteiger partial charge in [0.1, 0.15) is 0 Å². The number of carbonyl (C=O) groups is 2. The molecule has 1 aliphatic rings. The van der Waals surface area contributed by atoms with E-state index >= 15 is 0 Å². The zero-order chi connectivity index (χ0) is 17.0. The molecule has 2 aromatic rings. The predicted molar refractivity (Wildman–Crippen MR) is 91.8 cm³/mol. The fourth-order valence-electron chi connectivity index (χ4n) is 3.50. The highest BCUT2D eigenvalue weighted by Gasteiger charge is 2.42. The Morgan fingerprint density at radius 3 is 2.17 bits per heavy atom. The van der Waals surface area contributed by atoms with Crippen molar-refractivity contribution < 1.29 is 14.7 Å². The molecule has 0 aliphatic heterocycles. The van der Waals surface area contributed by atoms with Crippen molar-refractivity contribution in [1.29, 1.82) is 0 Å². The van der Waals surface area contributed by atoms with Gasteiger partial charge in [0.15, 0.2) is 0 Å². The van der Waals surface area contributed by atoms with Crippen molar-refractivity contribution in [2.45, 2.75) is 37.6 Å². The average Bonchev–Trinajstić information content (AvgIpc) is 3.12. The van der Waals surface area contributed by atoms with Crippen molar-refractivity contribution in [3.8, 4) is 0 Å². The molecule has 2 aromatic carbocycles. The summed E-state index contributed by atoms with van der Waals surface area (Å²) in [5.41, 5.74) is 1.81. The summed E-state index contributed by atoms with van der Waals surface area (Å²) in [6.07, 6.45) is 3.88. The topological polar surface area (TPSA) is 66.4 Å². The van der Waals surface area contributed by atoms with Crippen LogP contribution in [-0.4, -0.2) is 17.0 Å². The lowest BCUT2D eigenvalue weighted by molar-refractivity contribution is -0.126. The second kappa shape index (κ2) is 6.87. The first kappa shape index (κ1) is 16.2. The van der Waals surface area contributed by atoms with E-state index in [-0.39, 0.29) is 11.5 Å². The molecule has 0 spiro atoms. The molecule has 0 unspecified atom stereocenters. The number of amides is 1. The van der Waals surface area contributed by atoms with E-state index < -0.39 is 11.4 Å². The Kier molecular flexibility index (Phi) is 4.65. The van der Waals surface area contributed by atoms with Crippen LogP contribution in [0, 0.1) is 0 Å². The minimum absolute atomic E-state index is 0.0634. The standard InChI is InChI=1S/C20H21NO3/c22-18(23)16-10-8-15(9-11-16)14-21-19(24)20(12-4-5-13-20)17-6-2-1-3-7-17/h1-3,6-11H,4-5,12-14H2,(H,21,24)(H,22,23). The van der Waals surface area contributed by atoms with Crippen LogP contribution in [-0.2, 0) is 16.8 Å². The fraction of sp³-hybridized carbons (Fsp3) is 0.300. The fourth-order valence-corrected chi connectivity index (χ4v) is 3.50. The van der Waals surface area contributed by atoms with Gasteiger partial charge in [0, 0.05) is 6.54 Å². The van der Waals surface area contributed by atoms with E-state index in [4.69, 9.17) is 5.11 Å². The van der Waals surface area contributed by atoms with Gasteiger partial charge < -0.3 is 10.4 Å². The van der Waals surface area contributed by atoms with Gasteiger partial charge in [-0.2, -0.15) is 0 Å². The molecule has 1 amide bonds. The minimum atomic E-state index is -0.945. The molecule has 0 bridgehead atoms. The van der Waals surface area contributed by atoms with Crippen LogP contribution in [0.15, 0.2) is 54.6 Å². The molecular weight excluding hydrogens is 302 g/mol. The Morgan fingerprint density at radius 1 is 0.958 bits per heavy atom. The number of carboxylic acid groups (broad SMARTS) is 1. The number of aromatic carboxylic acids is 1. The quantitative estimate of drug-likeness (QED) is 0.885. The summed E-state index contributed by atoms with van der Waals surface area (Å²) in [6, 6.07) is 16.6. The number of hydrogen-bond acceptors (Lipinski definition) is 2. The van der Waals surface area contributed by atoms with Crippen molar-refractivity contribution >= 4 is 11.9 Å². The van der Waals surface area contributed by atoms with E-state index in [0.717, 1.165) is 36.8 Å². The van der Waals surface area contributed by atoms with Crippen LogP contribution >= 0.6 is 0 Å². The molecule has 24 heavy (non-hydrogen) atoms. The number of rotatable bonds is 5. The molecule has 124 valence electrons. The lowest BCUT2D eigenvalue weighted by Gasteiger charge is -2.28. The maximum atomic E-state index is 12.9. The molecule has 1 saturated carbocycles. The van der Waals surface area contributed by atoms with E-state index in [0.29, 0.717) is 6.54 Å². The van der Waals surface area contributed by atoms with Crippen LogP contribution in [0.4, 0.5) is 0 Å². The average molecular weight is 323 g/mol. The van der Waals surface area contributed by atoms with Crippen molar-refractivity contribution in [2.24, 2.45) is 0 Å². The van der Waals surface area contributed by atoms with E-state index in [2.05, 4.69) is 5.32 Å². The Bertz CT molecular complexity index is 716. The lowest BCUT2D eigenvalue weighted by atomic mass is 9.78. The Labute approximate surface area is 141 Å². The molecule has 0 saturated heterocycles. The van der Waals surface area contributed by atoms with E-state index in [1.807, 2.05) is 30.3 Å². The third kappa shape index (κ3) is 3.18. The van der Waals surface area contributed by atoms with Gasteiger partial charge in [-0.25, -0.2) is 4.79 Å². The van der Waals surface area contributed by atoms with Crippen LogP contribution in [0.3, 0.4) is 0 Å². The molecule has 3 rings (SSSR count). The summed E-state index contributed by atoms with van der Waals surface area (Å²) < 4.78 is 0. The minimum Gasteiger partial charge on any atom is -0.478 e. The van der Waals surface area contributed by atoms with Gasteiger partial charge >= 0.3 is 5.97 Å². The van der Waals surface area contributed by atoms with Crippen molar-refractivity contribution in [2.75, 3.05) is 0 Å². The third-order valence-corrected chi connectivity index (χ3v) is 4.87. The molecule has 4 heteroatoms. The molecule has 0 radical (unpaired) electrons. The first-order valence-electron chi connectivity index (χ1n) is 8.28. The monoisotopic (exact) mass is 323 g/mol. The van der Waals surface area contributed by atoms with Crippen LogP contribution in [0.2, 0.25) is 0 Å². The van der Waals surface area contributed by atoms with Crippen LogP contribution in [0.25, 0.3) is 0 Å². The molecule has 0 heterocycles. The molecular formula is C20H21NO3. The number of nitrogens with one attached hydrogen (secondary N) is 1. The maximum Gasteiger partial charge on any atom is 0.335 e.